The standard InChI is InChI=1S/C15H23N3/c1-4-8-12(16-3)11-15-17-13-9-6-7-10-14(13)18(15)5-2/h6-7,9-10,12,16H,4-5,8,11H2,1-3H3. The van der Waals surface area contributed by atoms with Gasteiger partial charge in [-0.05, 0) is 32.5 Å². The minimum Gasteiger partial charge on any atom is -0.328 e. The Hall–Kier alpha value is -1.35. The van der Waals surface area contributed by atoms with Crippen molar-refractivity contribution in [3.8, 4) is 0 Å². The van der Waals surface area contributed by atoms with E-state index < -0.39 is 0 Å². The highest BCUT2D eigenvalue weighted by molar-refractivity contribution is 5.75. The molecule has 0 saturated carbocycles. The number of nitrogens with one attached hydrogen (secondary N) is 1. The average Bonchev–Trinajstić information content (AvgIpc) is 2.75. The van der Waals surface area contributed by atoms with Gasteiger partial charge < -0.3 is 9.88 Å². The molecule has 1 unspecified atom stereocenters. The summed E-state index contributed by atoms with van der Waals surface area (Å²) in [7, 11) is 2.04. The molecule has 0 radical (unpaired) electrons. The largest absolute Gasteiger partial charge is 0.328 e. The molecule has 0 aliphatic rings. The Kier molecular flexibility index (Phi) is 4.37. The average molecular weight is 245 g/mol. The van der Waals surface area contributed by atoms with E-state index in [2.05, 4.69) is 48.0 Å². The molecule has 1 aromatic carbocycles. The van der Waals surface area contributed by atoms with Crippen molar-refractivity contribution < 1.29 is 0 Å². The van der Waals surface area contributed by atoms with Gasteiger partial charge in [-0.25, -0.2) is 4.98 Å². The molecule has 3 heteroatoms. The van der Waals surface area contributed by atoms with Crippen LogP contribution in [0.15, 0.2) is 24.3 Å². The predicted octanol–water partition coefficient (Wildman–Crippen LogP) is 2.99. The summed E-state index contributed by atoms with van der Waals surface area (Å²) in [6.07, 6.45) is 3.41. The molecule has 1 aromatic heterocycles. The number of aryl methyl sites for hydroxylation is 1. The third kappa shape index (κ3) is 2.56. The first-order valence-corrected chi connectivity index (χ1v) is 6.91. The van der Waals surface area contributed by atoms with Crippen molar-refractivity contribution in [1.82, 2.24) is 14.9 Å². The molecule has 1 atom stereocenters. The van der Waals surface area contributed by atoms with E-state index in [1.165, 1.54) is 24.2 Å². The fourth-order valence-corrected chi connectivity index (χ4v) is 2.55. The smallest absolute Gasteiger partial charge is 0.111 e. The minimum absolute atomic E-state index is 0.525. The lowest BCUT2D eigenvalue weighted by Gasteiger charge is -2.15. The molecule has 0 saturated heterocycles. The first-order chi connectivity index (χ1) is 8.80. The maximum Gasteiger partial charge on any atom is 0.111 e. The Morgan fingerprint density at radius 1 is 1.28 bits per heavy atom. The maximum absolute atomic E-state index is 4.78. The molecule has 0 spiro atoms. The zero-order valence-electron chi connectivity index (χ0n) is 11.6. The monoisotopic (exact) mass is 245 g/mol. The van der Waals surface area contributed by atoms with Crippen LogP contribution in [0.4, 0.5) is 0 Å². The molecule has 2 rings (SSSR count). The number of hydrogen-bond donors (Lipinski definition) is 1. The lowest BCUT2D eigenvalue weighted by molar-refractivity contribution is 0.494. The van der Waals surface area contributed by atoms with Crippen molar-refractivity contribution in [1.29, 1.82) is 0 Å². The zero-order valence-corrected chi connectivity index (χ0v) is 11.6. The van der Waals surface area contributed by atoms with E-state index in [9.17, 15) is 0 Å². The summed E-state index contributed by atoms with van der Waals surface area (Å²) in [5.74, 6) is 1.20. The van der Waals surface area contributed by atoms with Gasteiger partial charge in [-0.1, -0.05) is 25.5 Å². The van der Waals surface area contributed by atoms with E-state index in [4.69, 9.17) is 4.98 Å². The minimum atomic E-state index is 0.525. The summed E-state index contributed by atoms with van der Waals surface area (Å²) >= 11 is 0. The summed E-state index contributed by atoms with van der Waals surface area (Å²) in [6.45, 7) is 5.40. The van der Waals surface area contributed by atoms with Gasteiger partial charge in [0.05, 0.1) is 11.0 Å². The topological polar surface area (TPSA) is 29.9 Å². The van der Waals surface area contributed by atoms with Crippen molar-refractivity contribution in [3.63, 3.8) is 0 Å². The van der Waals surface area contributed by atoms with Crippen molar-refractivity contribution in [2.75, 3.05) is 7.05 Å². The number of fused-ring (bicyclic) bond motifs is 1. The van der Waals surface area contributed by atoms with E-state index in [-0.39, 0.29) is 0 Å². The van der Waals surface area contributed by atoms with Gasteiger partial charge in [0.1, 0.15) is 5.82 Å². The number of likely N-dealkylation sites (N-methyl/N-ethyl adjacent to an activating group) is 1. The Labute approximate surface area is 109 Å². The number of para-hydroxylation sites is 2. The SMILES string of the molecule is CCCC(Cc1nc2ccccc2n1CC)NC. The van der Waals surface area contributed by atoms with Crippen LogP contribution in [-0.4, -0.2) is 22.6 Å². The third-order valence-electron chi connectivity index (χ3n) is 3.52. The normalized spacial score (nSPS) is 13.1. The van der Waals surface area contributed by atoms with Crippen LogP contribution in [0.5, 0.6) is 0 Å². The summed E-state index contributed by atoms with van der Waals surface area (Å²) in [4.78, 5) is 4.78. The van der Waals surface area contributed by atoms with Crippen molar-refractivity contribution in [2.45, 2.75) is 45.7 Å². The van der Waals surface area contributed by atoms with Crippen LogP contribution in [0.25, 0.3) is 11.0 Å². The van der Waals surface area contributed by atoms with Crippen LogP contribution >= 0.6 is 0 Å². The highest BCUT2D eigenvalue weighted by Gasteiger charge is 2.13. The number of rotatable bonds is 6. The molecule has 2 aromatic rings. The number of nitrogens with zero attached hydrogens (tertiary/aromatic N) is 2. The molecule has 0 fully saturated rings. The second kappa shape index (κ2) is 6.01. The van der Waals surface area contributed by atoms with E-state index in [0.29, 0.717) is 6.04 Å². The predicted molar refractivity (Wildman–Crippen MR) is 76.9 cm³/mol. The molecular formula is C15H23N3. The second-order valence-electron chi connectivity index (χ2n) is 4.74. The van der Waals surface area contributed by atoms with E-state index in [0.717, 1.165) is 18.5 Å². The quantitative estimate of drug-likeness (QED) is 0.848. The fraction of sp³-hybridized carbons (Fsp3) is 0.533. The van der Waals surface area contributed by atoms with Crippen molar-refractivity contribution in [3.05, 3.63) is 30.1 Å². The van der Waals surface area contributed by atoms with Crippen molar-refractivity contribution in [2.24, 2.45) is 0 Å². The molecule has 0 bridgehead atoms. The summed E-state index contributed by atoms with van der Waals surface area (Å²) in [5.41, 5.74) is 2.36. The van der Waals surface area contributed by atoms with Crippen LogP contribution in [0.1, 0.15) is 32.5 Å². The molecule has 18 heavy (non-hydrogen) atoms. The van der Waals surface area contributed by atoms with E-state index in [1.807, 2.05) is 7.05 Å². The van der Waals surface area contributed by atoms with Crippen LogP contribution in [0.3, 0.4) is 0 Å². The molecule has 3 nitrogen and oxygen atoms in total. The van der Waals surface area contributed by atoms with Gasteiger partial charge in [0.15, 0.2) is 0 Å². The Bertz CT molecular complexity index is 501. The highest BCUT2D eigenvalue weighted by Crippen LogP contribution is 2.17. The van der Waals surface area contributed by atoms with E-state index >= 15 is 0 Å². The Morgan fingerprint density at radius 2 is 2.06 bits per heavy atom. The molecule has 98 valence electrons. The summed E-state index contributed by atoms with van der Waals surface area (Å²) in [6, 6.07) is 8.92. The zero-order chi connectivity index (χ0) is 13.0. The molecule has 0 aliphatic carbocycles. The second-order valence-corrected chi connectivity index (χ2v) is 4.74. The first-order valence-electron chi connectivity index (χ1n) is 6.91. The lowest BCUT2D eigenvalue weighted by atomic mass is 10.1. The van der Waals surface area contributed by atoms with Gasteiger partial charge in [-0.3, -0.25) is 0 Å². The Balaban J connectivity index is 2.32. The van der Waals surface area contributed by atoms with Gasteiger partial charge in [-0.15, -0.1) is 0 Å². The molecule has 1 heterocycles. The molecular weight excluding hydrogens is 222 g/mol. The van der Waals surface area contributed by atoms with E-state index in [1.54, 1.807) is 0 Å². The van der Waals surface area contributed by atoms with Crippen LogP contribution in [0, 0.1) is 0 Å². The van der Waals surface area contributed by atoms with Crippen LogP contribution in [-0.2, 0) is 13.0 Å². The molecule has 0 amide bonds. The number of hydrogen-bond acceptors (Lipinski definition) is 2. The van der Waals surface area contributed by atoms with Crippen molar-refractivity contribution >= 4 is 11.0 Å². The Morgan fingerprint density at radius 3 is 2.72 bits per heavy atom. The lowest BCUT2D eigenvalue weighted by Crippen LogP contribution is -2.28. The first kappa shape index (κ1) is 13.1. The fourth-order valence-electron chi connectivity index (χ4n) is 2.55. The van der Waals surface area contributed by atoms with Gasteiger partial charge in [-0.2, -0.15) is 0 Å². The summed E-state index contributed by atoms with van der Waals surface area (Å²) in [5, 5.41) is 3.39. The molecule has 1 N–H and O–H groups in total. The summed E-state index contributed by atoms with van der Waals surface area (Å²) < 4.78 is 2.33. The van der Waals surface area contributed by atoms with Gasteiger partial charge in [0.25, 0.3) is 0 Å². The third-order valence-corrected chi connectivity index (χ3v) is 3.52. The number of benzene rings is 1. The number of imidazole rings is 1. The van der Waals surface area contributed by atoms with Crippen LogP contribution < -0.4 is 5.32 Å². The van der Waals surface area contributed by atoms with Gasteiger partial charge in [0, 0.05) is 19.0 Å². The molecule has 0 aliphatic heterocycles. The van der Waals surface area contributed by atoms with Gasteiger partial charge in [0.2, 0.25) is 0 Å². The highest BCUT2D eigenvalue weighted by atomic mass is 15.1. The number of aromatic nitrogens is 2. The van der Waals surface area contributed by atoms with Crippen LogP contribution in [0.2, 0.25) is 0 Å². The maximum atomic E-state index is 4.78. The van der Waals surface area contributed by atoms with Gasteiger partial charge >= 0.3 is 0 Å².